The summed E-state index contributed by atoms with van der Waals surface area (Å²) >= 11 is 5.76. The Morgan fingerprint density at radius 2 is 1.95 bits per heavy atom. The lowest BCUT2D eigenvalue weighted by Crippen LogP contribution is -2.42. The van der Waals surface area contributed by atoms with Gasteiger partial charge in [0.1, 0.15) is 5.82 Å². The zero-order valence-corrected chi connectivity index (χ0v) is 12.0. The number of amides is 1. The first-order chi connectivity index (χ1) is 9.50. The molecule has 1 aromatic rings. The second kappa shape index (κ2) is 6.55. The highest BCUT2D eigenvalue weighted by Crippen LogP contribution is 2.26. The molecule has 1 aliphatic rings. The summed E-state index contributed by atoms with van der Waals surface area (Å²) in [5.41, 5.74) is -0.962. The summed E-state index contributed by atoms with van der Waals surface area (Å²) in [7, 11) is 0. The monoisotopic (exact) mass is 299 g/mol. The van der Waals surface area contributed by atoms with Crippen molar-refractivity contribution in [2.45, 2.75) is 44.1 Å². The Morgan fingerprint density at radius 1 is 1.30 bits per heavy atom. The Kier molecular flexibility index (Phi) is 5.00. The van der Waals surface area contributed by atoms with Gasteiger partial charge in [-0.2, -0.15) is 0 Å². The van der Waals surface area contributed by atoms with Gasteiger partial charge in [0.2, 0.25) is 0 Å². The molecule has 5 heteroatoms. The molecule has 110 valence electrons. The third kappa shape index (κ3) is 3.93. The van der Waals surface area contributed by atoms with Crippen LogP contribution < -0.4 is 5.32 Å². The summed E-state index contributed by atoms with van der Waals surface area (Å²) < 4.78 is 13.6. The van der Waals surface area contributed by atoms with Crippen molar-refractivity contribution in [3.63, 3.8) is 0 Å². The van der Waals surface area contributed by atoms with Crippen molar-refractivity contribution >= 4 is 17.5 Å². The number of aliphatic hydroxyl groups is 1. The third-order valence-electron chi connectivity index (χ3n) is 3.79. The van der Waals surface area contributed by atoms with Crippen LogP contribution in [0, 0.1) is 5.82 Å². The normalized spacial score (nSPS) is 18.4. The van der Waals surface area contributed by atoms with E-state index in [0.717, 1.165) is 31.7 Å². The average Bonchev–Trinajstić information content (AvgIpc) is 2.64. The van der Waals surface area contributed by atoms with Crippen LogP contribution >= 0.6 is 11.6 Å². The van der Waals surface area contributed by atoms with E-state index in [-0.39, 0.29) is 12.1 Å². The maximum Gasteiger partial charge on any atom is 0.254 e. The minimum atomic E-state index is -0.874. The molecule has 0 heterocycles. The minimum Gasteiger partial charge on any atom is -0.388 e. The number of nitrogens with one attached hydrogen (secondary N) is 1. The van der Waals surface area contributed by atoms with E-state index in [4.69, 9.17) is 11.6 Å². The van der Waals surface area contributed by atoms with Gasteiger partial charge in [0.25, 0.3) is 5.91 Å². The van der Waals surface area contributed by atoms with Crippen molar-refractivity contribution < 1.29 is 14.3 Å². The van der Waals surface area contributed by atoms with Crippen molar-refractivity contribution in [1.29, 1.82) is 0 Å². The maximum absolute atomic E-state index is 13.6. The largest absolute Gasteiger partial charge is 0.388 e. The predicted octanol–water partition coefficient (Wildman–Crippen LogP) is 3.29. The Balaban J connectivity index is 1.99. The summed E-state index contributed by atoms with van der Waals surface area (Å²) in [6, 6.07) is 3.85. The lowest BCUT2D eigenvalue weighted by atomic mass is 9.94. The first kappa shape index (κ1) is 15.3. The molecule has 1 amide bonds. The van der Waals surface area contributed by atoms with E-state index in [0.29, 0.717) is 17.9 Å². The molecule has 3 nitrogen and oxygen atoms in total. The van der Waals surface area contributed by atoms with Gasteiger partial charge in [0.15, 0.2) is 0 Å². The zero-order chi connectivity index (χ0) is 14.6. The lowest BCUT2D eigenvalue weighted by molar-refractivity contribution is 0.0246. The Labute approximate surface area is 123 Å². The highest BCUT2D eigenvalue weighted by molar-refractivity contribution is 6.30. The molecule has 1 fully saturated rings. The van der Waals surface area contributed by atoms with Crippen molar-refractivity contribution in [3.8, 4) is 0 Å². The first-order valence-corrected chi connectivity index (χ1v) is 7.34. The molecule has 2 N–H and O–H groups in total. The predicted molar refractivity (Wildman–Crippen MR) is 76.4 cm³/mol. The van der Waals surface area contributed by atoms with Gasteiger partial charge < -0.3 is 10.4 Å². The highest BCUT2D eigenvalue weighted by Gasteiger charge is 2.28. The summed E-state index contributed by atoms with van der Waals surface area (Å²) in [5, 5.41) is 13.4. The van der Waals surface area contributed by atoms with Gasteiger partial charge >= 0.3 is 0 Å². The minimum absolute atomic E-state index is 0.0882. The summed E-state index contributed by atoms with van der Waals surface area (Å²) in [4.78, 5) is 12.0. The molecule has 0 bridgehead atoms. The van der Waals surface area contributed by atoms with E-state index in [1.807, 2.05) is 0 Å². The second-order valence-corrected chi connectivity index (χ2v) is 5.88. The molecular formula is C15H19ClFNO2. The molecule has 1 aromatic carbocycles. The molecule has 1 saturated carbocycles. The maximum atomic E-state index is 13.6. The topological polar surface area (TPSA) is 49.3 Å². The fraction of sp³-hybridized carbons (Fsp3) is 0.533. The van der Waals surface area contributed by atoms with Gasteiger partial charge in [-0.15, -0.1) is 0 Å². The quantitative estimate of drug-likeness (QED) is 0.841. The van der Waals surface area contributed by atoms with Crippen LogP contribution in [0.1, 0.15) is 48.9 Å². The molecule has 2 rings (SSSR count). The van der Waals surface area contributed by atoms with Crippen LogP contribution in [0.4, 0.5) is 4.39 Å². The number of carbonyl (C=O) groups is 1. The van der Waals surface area contributed by atoms with Crippen LogP contribution in [0.15, 0.2) is 18.2 Å². The van der Waals surface area contributed by atoms with E-state index < -0.39 is 17.3 Å². The molecule has 0 aliphatic heterocycles. The van der Waals surface area contributed by atoms with Gasteiger partial charge in [0.05, 0.1) is 11.2 Å². The summed E-state index contributed by atoms with van der Waals surface area (Å²) in [6.45, 7) is 0.151. The van der Waals surface area contributed by atoms with Crippen molar-refractivity contribution in [3.05, 3.63) is 34.6 Å². The number of benzene rings is 1. The molecule has 20 heavy (non-hydrogen) atoms. The molecule has 0 unspecified atom stereocenters. The van der Waals surface area contributed by atoms with Gasteiger partial charge in [-0.05, 0) is 31.0 Å². The summed E-state index contributed by atoms with van der Waals surface area (Å²) in [6.07, 6.45) is 5.48. The molecule has 0 atom stereocenters. The molecule has 0 aromatic heterocycles. The average molecular weight is 300 g/mol. The SMILES string of the molecule is O=C(NCC1(O)CCCCCC1)c1cc(Cl)ccc1F. The zero-order valence-electron chi connectivity index (χ0n) is 11.3. The van der Waals surface area contributed by atoms with Crippen molar-refractivity contribution in [2.75, 3.05) is 6.54 Å². The molecule has 0 radical (unpaired) electrons. The van der Waals surface area contributed by atoms with Crippen molar-refractivity contribution in [1.82, 2.24) is 5.32 Å². The molecule has 1 aliphatic carbocycles. The fourth-order valence-corrected chi connectivity index (χ4v) is 2.75. The highest BCUT2D eigenvalue weighted by atomic mass is 35.5. The number of hydrogen-bond acceptors (Lipinski definition) is 2. The number of carbonyl (C=O) groups excluding carboxylic acids is 1. The van der Waals surface area contributed by atoms with Crippen LogP contribution in [-0.2, 0) is 0 Å². The Hall–Kier alpha value is -1.13. The van der Waals surface area contributed by atoms with Crippen molar-refractivity contribution in [2.24, 2.45) is 0 Å². The van der Waals surface area contributed by atoms with Crippen LogP contribution in [0.25, 0.3) is 0 Å². The smallest absolute Gasteiger partial charge is 0.254 e. The lowest BCUT2D eigenvalue weighted by Gasteiger charge is -2.26. The number of halogens is 2. The van der Waals surface area contributed by atoms with E-state index in [2.05, 4.69) is 5.32 Å². The number of hydrogen-bond donors (Lipinski definition) is 2. The number of rotatable bonds is 3. The van der Waals surface area contributed by atoms with E-state index in [1.165, 1.54) is 12.1 Å². The van der Waals surface area contributed by atoms with E-state index in [9.17, 15) is 14.3 Å². The van der Waals surface area contributed by atoms with Crippen LogP contribution in [0.2, 0.25) is 5.02 Å². The van der Waals surface area contributed by atoms with E-state index >= 15 is 0 Å². The van der Waals surface area contributed by atoms with Crippen LogP contribution in [0.3, 0.4) is 0 Å². The molecule has 0 saturated heterocycles. The van der Waals surface area contributed by atoms with Gasteiger partial charge in [0, 0.05) is 11.6 Å². The Morgan fingerprint density at radius 3 is 2.60 bits per heavy atom. The molecular weight excluding hydrogens is 281 g/mol. The molecule has 0 spiro atoms. The first-order valence-electron chi connectivity index (χ1n) is 6.96. The second-order valence-electron chi connectivity index (χ2n) is 5.45. The fourth-order valence-electron chi connectivity index (χ4n) is 2.57. The van der Waals surface area contributed by atoms with Gasteiger partial charge in [-0.3, -0.25) is 4.79 Å². The van der Waals surface area contributed by atoms with Gasteiger partial charge in [-0.25, -0.2) is 4.39 Å². The Bertz CT molecular complexity index is 485. The van der Waals surface area contributed by atoms with Gasteiger partial charge in [-0.1, -0.05) is 37.3 Å². The van der Waals surface area contributed by atoms with Crippen LogP contribution in [-0.4, -0.2) is 23.2 Å². The van der Waals surface area contributed by atoms with E-state index in [1.54, 1.807) is 0 Å². The summed E-state index contributed by atoms with van der Waals surface area (Å²) in [5.74, 6) is -1.15. The third-order valence-corrected chi connectivity index (χ3v) is 4.02. The van der Waals surface area contributed by atoms with Crippen LogP contribution in [0.5, 0.6) is 0 Å². The standard InChI is InChI=1S/C15H19ClFNO2/c16-11-5-6-13(17)12(9-11)14(19)18-10-15(20)7-3-1-2-4-8-15/h5-6,9,20H,1-4,7-8,10H2,(H,18,19).